The average molecular weight is 445 g/mol. The molecule has 0 bridgehead atoms. The van der Waals surface area contributed by atoms with Crippen LogP contribution < -0.4 is 5.73 Å². The van der Waals surface area contributed by atoms with Gasteiger partial charge < -0.3 is 19.9 Å². The molecule has 1 spiro atoms. The summed E-state index contributed by atoms with van der Waals surface area (Å²) in [5, 5.41) is 1.50. The number of hydrogen-bond acceptors (Lipinski definition) is 7. The van der Waals surface area contributed by atoms with E-state index < -0.39 is 11.8 Å². The second-order valence-electron chi connectivity index (χ2n) is 7.66. The van der Waals surface area contributed by atoms with E-state index in [9.17, 15) is 4.79 Å². The predicted molar refractivity (Wildman–Crippen MR) is 116 cm³/mol. The van der Waals surface area contributed by atoms with Crippen molar-refractivity contribution in [1.29, 1.82) is 0 Å². The molecule has 6 nitrogen and oxygen atoms in total. The van der Waals surface area contributed by atoms with Crippen LogP contribution in [0.25, 0.3) is 10.2 Å². The number of carbonyl (C=O) groups excluding carboxylic acids is 1. The van der Waals surface area contributed by atoms with E-state index in [1.807, 2.05) is 12.1 Å². The number of nitrogen functional groups attached to an aromatic ring is 1. The Balaban J connectivity index is 1.46. The molecule has 3 heterocycles. The topological polar surface area (TPSA) is 83.7 Å². The minimum Gasteiger partial charge on any atom is -0.457 e. The van der Waals surface area contributed by atoms with Gasteiger partial charge in [-0.2, -0.15) is 0 Å². The average Bonchev–Trinajstić information content (AvgIpc) is 3.31. The molecule has 3 aromatic rings. The monoisotopic (exact) mass is 444 g/mol. The van der Waals surface area contributed by atoms with Crippen molar-refractivity contribution in [2.75, 3.05) is 18.9 Å². The summed E-state index contributed by atoms with van der Waals surface area (Å²) in [6.45, 7) is 3.19. The van der Waals surface area contributed by atoms with Gasteiger partial charge in [0.15, 0.2) is 5.79 Å². The van der Waals surface area contributed by atoms with Crippen LogP contribution in [-0.2, 0) is 33.7 Å². The van der Waals surface area contributed by atoms with Gasteiger partial charge in [0.05, 0.1) is 24.6 Å². The number of carbonyl (C=O) groups is 1. The molecule has 8 heteroatoms. The number of ether oxygens (including phenoxy) is 3. The van der Waals surface area contributed by atoms with E-state index in [0.717, 1.165) is 34.2 Å². The summed E-state index contributed by atoms with van der Waals surface area (Å²) in [4.78, 5) is 19.6. The Kier molecular flexibility index (Phi) is 4.94. The van der Waals surface area contributed by atoms with Crippen molar-refractivity contribution in [1.82, 2.24) is 4.98 Å². The molecule has 0 amide bonds. The molecule has 156 valence electrons. The fourth-order valence-corrected chi connectivity index (χ4v) is 5.74. The highest BCUT2D eigenvalue weighted by Gasteiger charge is 2.41. The third-order valence-electron chi connectivity index (χ3n) is 5.73. The highest BCUT2D eigenvalue weighted by Crippen LogP contribution is 2.44. The van der Waals surface area contributed by atoms with Crippen LogP contribution in [0.1, 0.15) is 38.5 Å². The Hall–Kier alpha value is -2.19. The van der Waals surface area contributed by atoms with Gasteiger partial charge in [-0.05, 0) is 36.6 Å². The normalized spacial score (nSPS) is 17.4. The van der Waals surface area contributed by atoms with Crippen LogP contribution >= 0.6 is 22.9 Å². The first kappa shape index (κ1) is 19.8. The van der Waals surface area contributed by atoms with Crippen molar-refractivity contribution < 1.29 is 19.0 Å². The van der Waals surface area contributed by atoms with Crippen molar-refractivity contribution in [2.24, 2.45) is 0 Å². The number of fused-ring (bicyclic) bond motifs is 3. The first-order valence-corrected chi connectivity index (χ1v) is 11.0. The van der Waals surface area contributed by atoms with Gasteiger partial charge in [0.2, 0.25) is 0 Å². The lowest BCUT2D eigenvalue weighted by Gasteiger charge is -2.31. The third kappa shape index (κ3) is 3.36. The number of rotatable bonds is 3. The van der Waals surface area contributed by atoms with E-state index in [4.69, 9.17) is 31.5 Å². The molecule has 0 unspecified atom stereocenters. The number of hydrogen-bond donors (Lipinski definition) is 1. The first-order valence-electron chi connectivity index (χ1n) is 9.85. The van der Waals surface area contributed by atoms with Crippen LogP contribution in [0.2, 0.25) is 5.02 Å². The number of anilines is 1. The fourth-order valence-electron chi connectivity index (χ4n) is 4.24. The lowest BCUT2D eigenvalue weighted by molar-refractivity contribution is -0.163. The Morgan fingerprint density at radius 2 is 2.03 bits per heavy atom. The number of esters is 1. The fraction of sp³-hybridized carbons (Fsp3) is 0.364. The molecule has 5 rings (SSSR count). The molecule has 2 aliphatic rings. The van der Waals surface area contributed by atoms with E-state index >= 15 is 0 Å². The molecular formula is C22H21ClN2O4S. The van der Waals surface area contributed by atoms with Gasteiger partial charge in [0, 0.05) is 28.1 Å². The maximum Gasteiger partial charge on any atom is 0.342 e. The quantitative estimate of drug-likeness (QED) is 0.601. The molecule has 1 saturated heterocycles. The SMILES string of the molecule is Cc1nc2sc3c(c2c(N)c1C(=O)OCc1ccc(Cl)cc1)CCC1(C3)OCCO1. The molecule has 2 N–H and O–H groups in total. The summed E-state index contributed by atoms with van der Waals surface area (Å²) in [5.74, 6) is -0.984. The van der Waals surface area contributed by atoms with Crippen LogP contribution in [0.4, 0.5) is 5.69 Å². The van der Waals surface area contributed by atoms with Gasteiger partial charge in [-0.25, -0.2) is 9.78 Å². The van der Waals surface area contributed by atoms with Crippen LogP contribution in [0, 0.1) is 6.92 Å². The molecule has 0 radical (unpaired) electrons. The maximum absolute atomic E-state index is 12.9. The summed E-state index contributed by atoms with van der Waals surface area (Å²) in [5.41, 5.74) is 9.87. The van der Waals surface area contributed by atoms with Crippen molar-refractivity contribution in [3.63, 3.8) is 0 Å². The minimum absolute atomic E-state index is 0.145. The van der Waals surface area contributed by atoms with Gasteiger partial charge >= 0.3 is 5.97 Å². The molecular weight excluding hydrogens is 424 g/mol. The molecule has 1 aromatic carbocycles. The molecule has 30 heavy (non-hydrogen) atoms. The molecule has 1 fully saturated rings. The molecule has 2 aromatic heterocycles. The summed E-state index contributed by atoms with van der Waals surface area (Å²) in [6.07, 6.45) is 2.25. The van der Waals surface area contributed by atoms with Gasteiger partial charge in [0.25, 0.3) is 0 Å². The summed E-state index contributed by atoms with van der Waals surface area (Å²) in [6, 6.07) is 7.18. The van der Waals surface area contributed by atoms with Gasteiger partial charge in [0.1, 0.15) is 17.0 Å². The number of aromatic nitrogens is 1. The second-order valence-corrected chi connectivity index (χ2v) is 9.18. The minimum atomic E-state index is -0.516. The molecule has 0 saturated carbocycles. The van der Waals surface area contributed by atoms with Gasteiger partial charge in [-0.3, -0.25) is 0 Å². The van der Waals surface area contributed by atoms with E-state index in [2.05, 4.69) is 4.98 Å². The number of benzene rings is 1. The predicted octanol–water partition coefficient (Wildman–Crippen LogP) is 4.43. The van der Waals surface area contributed by atoms with Crippen LogP contribution in [0.15, 0.2) is 24.3 Å². The molecule has 0 atom stereocenters. The molecule has 1 aliphatic carbocycles. The lowest BCUT2D eigenvalue weighted by Crippen LogP contribution is -2.36. The second kappa shape index (κ2) is 7.50. The lowest BCUT2D eigenvalue weighted by atomic mass is 9.91. The van der Waals surface area contributed by atoms with Gasteiger partial charge in [-0.15, -0.1) is 11.3 Å². The van der Waals surface area contributed by atoms with Crippen molar-refractivity contribution in [3.05, 3.63) is 56.5 Å². The summed E-state index contributed by atoms with van der Waals surface area (Å²) in [7, 11) is 0. The maximum atomic E-state index is 12.9. The van der Waals surface area contributed by atoms with Crippen molar-refractivity contribution in [3.8, 4) is 0 Å². The summed E-state index contributed by atoms with van der Waals surface area (Å²) >= 11 is 7.51. The van der Waals surface area contributed by atoms with Crippen LogP contribution in [-0.4, -0.2) is 30.0 Å². The Morgan fingerprint density at radius 1 is 1.30 bits per heavy atom. The number of halogens is 1. The zero-order valence-corrected chi connectivity index (χ0v) is 18.1. The van der Waals surface area contributed by atoms with Crippen LogP contribution in [0.5, 0.6) is 0 Å². The highest BCUT2D eigenvalue weighted by molar-refractivity contribution is 7.19. The number of pyridine rings is 1. The molecule has 1 aliphatic heterocycles. The van der Waals surface area contributed by atoms with E-state index in [-0.39, 0.29) is 6.61 Å². The van der Waals surface area contributed by atoms with Crippen molar-refractivity contribution >= 4 is 44.8 Å². The van der Waals surface area contributed by atoms with E-state index in [1.54, 1.807) is 30.4 Å². The number of aryl methyl sites for hydroxylation is 2. The number of nitrogens with two attached hydrogens (primary N) is 1. The number of nitrogens with zero attached hydrogens (tertiary/aromatic N) is 1. The van der Waals surface area contributed by atoms with E-state index in [1.165, 1.54) is 4.88 Å². The largest absolute Gasteiger partial charge is 0.457 e. The third-order valence-corrected chi connectivity index (χ3v) is 7.11. The van der Waals surface area contributed by atoms with Crippen molar-refractivity contribution in [2.45, 2.75) is 38.6 Å². The zero-order valence-electron chi connectivity index (χ0n) is 16.5. The Bertz CT molecular complexity index is 1140. The Morgan fingerprint density at radius 3 is 2.77 bits per heavy atom. The zero-order chi connectivity index (χ0) is 20.9. The first-order chi connectivity index (χ1) is 14.5. The highest BCUT2D eigenvalue weighted by atomic mass is 35.5. The van der Waals surface area contributed by atoms with E-state index in [0.29, 0.717) is 41.6 Å². The smallest absolute Gasteiger partial charge is 0.342 e. The van der Waals surface area contributed by atoms with Gasteiger partial charge in [-0.1, -0.05) is 23.7 Å². The summed E-state index contributed by atoms with van der Waals surface area (Å²) < 4.78 is 17.3. The standard InChI is InChI=1S/C22H21ClN2O4S/c1-12-17(21(26)27-11-13-2-4-14(23)5-3-13)19(24)18-15-6-7-22(28-8-9-29-22)10-16(15)30-20(18)25-12/h2-5H,6-11H2,1H3,(H2,24,25). The Labute approximate surface area is 182 Å². The number of thiophene rings is 1. The van der Waals surface area contributed by atoms with Crippen LogP contribution in [0.3, 0.4) is 0 Å².